The topological polar surface area (TPSA) is 118 Å². The van der Waals surface area contributed by atoms with Crippen molar-refractivity contribution < 1.29 is 30.0 Å². The van der Waals surface area contributed by atoms with Gasteiger partial charge in [0.15, 0.2) is 0 Å². The summed E-state index contributed by atoms with van der Waals surface area (Å²) in [5.74, 6) is -2.08. The van der Waals surface area contributed by atoms with Gasteiger partial charge in [0.1, 0.15) is 11.9 Å². The molecule has 0 radical (unpaired) electrons. The summed E-state index contributed by atoms with van der Waals surface area (Å²) in [5.41, 5.74) is 0.414. The summed E-state index contributed by atoms with van der Waals surface area (Å²) < 4.78 is 0. The fraction of sp³-hybridized carbons (Fsp3) is 0.385. The van der Waals surface area contributed by atoms with Gasteiger partial charge in [0.25, 0.3) is 5.91 Å². The van der Waals surface area contributed by atoms with E-state index in [9.17, 15) is 24.9 Å². The van der Waals surface area contributed by atoms with Gasteiger partial charge in [-0.25, -0.2) is 0 Å². The van der Waals surface area contributed by atoms with E-state index in [0.29, 0.717) is 5.56 Å². The Hall–Kier alpha value is -2.12. The molecule has 2 atom stereocenters. The zero-order chi connectivity index (χ0) is 15.3. The molecule has 7 nitrogen and oxygen atoms in total. The molecule has 20 heavy (non-hydrogen) atoms. The van der Waals surface area contributed by atoms with Crippen LogP contribution in [0.2, 0.25) is 0 Å². The highest BCUT2D eigenvalue weighted by Crippen LogP contribution is 2.19. The quantitative estimate of drug-likeness (QED) is 0.570. The monoisotopic (exact) mass is 283 g/mol. The number of aliphatic hydroxyl groups is 2. The summed E-state index contributed by atoms with van der Waals surface area (Å²) >= 11 is 0. The number of carboxylic acid groups (broad SMARTS) is 1. The van der Waals surface area contributed by atoms with Crippen LogP contribution in [-0.2, 0) is 9.59 Å². The maximum absolute atomic E-state index is 11.7. The Morgan fingerprint density at radius 1 is 1.30 bits per heavy atom. The Labute approximate surface area is 115 Å². The van der Waals surface area contributed by atoms with E-state index >= 15 is 0 Å². The molecule has 1 unspecified atom stereocenters. The lowest BCUT2D eigenvalue weighted by atomic mass is 10.1. The first-order valence-electron chi connectivity index (χ1n) is 5.93. The molecule has 0 aliphatic heterocycles. The van der Waals surface area contributed by atoms with Gasteiger partial charge < -0.3 is 25.3 Å². The van der Waals surface area contributed by atoms with Crippen LogP contribution in [0.1, 0.15) is 18.1 Å². The second kappa shape index (κ2) is 6.88. The zero-order valence-corrected chi connectivity index (χ0v) is 10.9. The molecule has 0 aliphatic rings. The largest absolute Gasteiger partial charge is 0.508 e. The van der Waals surface area contributed by atoms with Crippen LogP contribution in [0.25, 0.3) is 0 Å². The molecule has 1 aromatic carbocycles. The molecule has 1 aromatic rings. The summed E-state index contributed by atoms with van der Waals surface area (Å²) in [7, 11) is 1.35. The standard InChI is InChI=1S/C13H17NO6/c1-14(13(20)10(16)6-12(18)19)7-11(17)8-3-2-4-9(15)5-8/h2-5,10-11,15-17H,6-7H2,1H3,(H,18,19)/t10?,11-/m0/s1. The van der Waals surface area contributed by atoms with Gasteiger partial charge in [0.05, 0.1) is 19.1 Å². The number of hydrogen-bond donors (Lipinski definition) is 4. The van der Waals surface area contributed by atoms with Crippen LogP contribution in [0, 0.1) is 0 Å². The highest BCUT2D eigenvalue weighted by Gasteiger charge is 2.24. The smallest absolute Gasteiger partial charge is 0.306 e. The Balaban J connectivity index is 2.63. The molecule has 0 heterocycles. The molecule has 4 N–H and O–H groups in total. The number of rotatable bonds is 6. The SMILES string of the molecule is CN(C[C@H](O)c1cccc(O)c1)C(=O)C(O)CC(=O)O. The number of carbonyl (C=O) groups is 2. The molecular weight excluding hydrogens is 266 g/mol. The van der Waals surface area contributed by atoms with Gasteiger partial charge in [-0.15, -0.1) is 0 Å². The molecule has 7 heteroatoms. The van der Waals surface area contributed by atoms with Gasteiger partial charge in [-0.05, 0) is 17.7 Å². The number of aliphatic hydroxyl groups excluding tert-OH is 2. The Morgan fingerprint density at radius 3 is 2.50 bits per heavy atom. The third kappa shape index (κ3) is 4.52. The molecule has 0 spiro atoms. The lowest BCUT2D eigenvalue weighted by Crippen LogP contribution is -2.39. The van der Waals surface area contributed by atoms with Gasteiger partial charge in [-0.2, -0.15) is 0 Å². The van der Waals surface area contributed by atoms with Crippen molar-refractivity contribution in [3.8, 4) is 5.75 Å². The number of phenols is 1. The lowest BCUT2D eigenvalue weighted by molar-refractivity contribution is -0.148. The molecule has 0 aromatic heterocycles. The van der Waals surface area contributed by atoms with Crippen molar-refractivity contribution in [2.75, 3.05) is 13.6 Å². The zero-order valence-electron chi connectivity index (χ0n) is 10.9. The first-order chi connectivity index (χ1) is 9.31. The van der Waals surface area contributed by atoms with E-state index in [1.165, 1.54) is 19.2 Å². The second-order valence-corrected chi connectivity index (χ2v) is 4.44. The number of benzene rings is 1. The highest BCUT2D eigenvalue weighted by molar-refractivity contribution is 5.84. The number of likely N-dealkylation sites (N-methyl/N-ethyl adjacent to an activating group) is 1. The summed E-state index contributed by atoms with van der Waals surface area (Å²) in [5, 5.41) is 37.1. The van der Waals surface area contributed by atoms with Crippen molar-refractivity contribution in [3.63, 3.8) is 0 Å². The van der Waals surface area contributed by atoms with Crippen molar-refractivity contribution >= 4 is 11.9 Å². The maximum Gasteiger partial charge on any atom is 0.306 e. The van der Waals surface area contributed by atoms with Gasteiger partial charge in [-0.1, -0.05) is 12.1 Å². The van der Waals surface area contributed by atoms with Crippen LogP contribution in [0.15, 0.2) is 24.3 Å². The van der Waals surface area contributed by atoms with Crippen molar-refractivity contribution in [1.82, 2.24) is 4.90 Å². The molecule has 1 rings (SSSR count). The van der Waals surface area contributed by atoms with Crippen LogP contribution in [0.4, 0.5) is 0 Å². The summed E-state index contributed by atoms with van der Waals surface area (Å²) in [4.78, 5) is 23.1. The third-order valence-electron chi connectivity index (χ3n) is 2.73. The predicted molar refractivity (Wildman–Crippen MR) is 69.0 cm³/mol. The van der Waals surface area contributed by atoms with Crippen LogP contribution < -0.4 is 0 Å². The highest BCUT2D eigenvalue weighted by atomic mass is 16.4. The number of hydrogen-bond acceptors (Lipinski definition) is 5. The van der Waals surface area contributed by atoms with Gasteiger partial charge in [0, 0.05) is 7.05 Å². The maximum atomic E-state index is 11.7. The Kier molecular flexibility index (Phi) is 5.48. The first kappa shape index (κ1) is 15.9. The van der Waals surface area contributed by atoms with Crippen molar-refractivity contribution in [1.29, 1.82) is 0 Å². The minimum Gasteiger partial charge on any atom is -0.508 e. The molecule has 0 aliphatic carbocycles. The summed E-state index contributed by atoms with van der Waals surface area (Å²) in [6.07, 6.45) is -3.38. The van der Waals surface area contributed by atoms with Crippen molar-refractivity contribution in [2.24, 2.45) is 0 Å². The molecule has 0 saturated carbocycles. The number of carboxylic acids is 1. The normalized spacial score (nSPS) is 13.6. The molecule has 0 saturated heterocycles. The van der Waals surface area contributed by atoms with Crippen LogP contribution in [0.3, 0.4) is 0 Å². The minimum absolute atomic E-state index is 0.0126. The fourth-order valence-electron chi connectivity index (χ4n) is 1.69. The van der Waals surface area contributed by atoms with E-state index in [1.807, 2.05) is 0 Å². The number of phenolic OH excluding ortho intramolecular Hbond substituents is 1. The van der Waals surface area contributed by atoms with Crippen LogP contribution >= 0.6 is 0 Å². The first-order valence-corrected chi connectivity index (χ1v) is 5.93. The van der Waals surface area contributed by atoms with E-state index in [-0.39, 0.29) is 12.3 Å². The van der Waals surface area contributed by atoms with E-state index < -0.39 is 30.5 Å². The molecule has 110 valence electrons. The number of carbonyl (C=O) groups excluding carboxylic acids is 1. The summed E-state index contributed by atoms with van der Waals surface area (Å²) in [6.45, 7) is -0.126. The summed E-state index contributed by atoms with van der Waals surface area (Å²) in [6, 6.07) is 5.93. The Bertz CT molecular complexity index is 490. The number of aromatic hydroxyl groups is 1. The number of amides is 1. The average Bonchev–Trinajstić information content (AvgIpc) is 2.36. The number of nitrogens with zero attached hydrogens (tertiary/aromatic N) is 1. The fourth-order valence-corrected chi connectivity index (χ4v) is 1.69. The van der Waals surface area contributed by atoms with Gasteiger partial charge >= 0.3 is 5.97 Å². The average molecular weight is 283 g/mol. The van der Waals surface area contributed by atoms with Crippen LogP contribution in [-0.4, -0.2) is 56.9 Å². The minimum atomic E-state index is -1.64. The van der Waals surface area contributed by atoms with Gasteiger partial charge in [0.2, 0.25) is 0 Å². The molecule has 0 bridgehead atoms. The van der Waals surface area contributed by atoms with E-state index in [1.54, 1.807) is 12.1 Å². The third-order valence-corrected chi connectivity index (χ3v) is 2.73. The Morgan fingerprint density at radius 2 is 1.95 bits per heavy atom. The van der Waals surface area contributed by atoms with Crippen LogP contribution in [0.5, 0.6) is 5.75 Å². The van der Waals surface area contributed by atoms with E-state index in [2.05, 4.69) is 0 Å². The molecule has 1 amide bonds. The lowest BCUT2D eigenvalue weighted by Gasteiger charge is -2.23. The van der Waals surface area contributed by atoms with Gasteiger partial charge in [-0.3, -0.25) is 9.59 Å². The predicted octanol–water partition coefficient (Wildman–Crippen LogP) is -0.280. The van der Waals surface area contributed by atoms with E-state index in [0.717, 1.165) is 4.90 Å². The van der Waals surface area contributed by atoms with E-state index in [4.69, 9.17) is 5.11 Å². The molecular formula is C13H17NO6. The molecule has 0 fully saturated rings. The second-order valence-electron chi connectivity index (χ2n) is 4.44. The van der Waals surface area contributed by atoms with Crippen molar-refractivity contribution in [3.05, 3.63) is 29.8 Å². The number of aliphatic carboxylic acids is 1. The van der Waals surface area contributed by atoms with Crippen molar-refractivity contribution in [2.45, 2.75) is 18.6 Å².